The number of ketones is 1. The highest BCUT2D eigenvalue weighted by atomic mass is 35.5. The minimum absolute atomic E-state index is 0.125. The van der Waals surface area contributed by atoms with Crippen molar-refractivity contribution in [2.75, 3.05) is 0 Å². The molecule has 0 unspecified atom stereocenters. The van der Waals surface area contributed by atoms with Gasteiger partial charge in [0.1, 0.15) is 23.0 Å². The smallest absolute Gasteiger partial charge is 0.174 e. The Hall–Kier alpha value is -0.0500. The van der Waals surface area contributed by atoms with Crippen LogP contribution in [0.1, 0.15) is 0 Å². The van der Waals surface area contributed by atoms with Gasteiger partial charge in [-0.15, -0.1) is 23.2 Å². The summed E-state index contributed by atoms with van der Waals surface area (Å²) in [5.41, 5.74) is 0. The van der Waals surface area contributed by atoms with Crippen molar-refractivity contribution in [2.24, 2.45) is 0 Å². The third-order valence-electron chi connectivity index (χ3n) is 1.93. The van der Waals surface area contributed by atoms with Crippen LogP contribution in [0.3, 0.4) is 0 Å². The first-order chi connectivity index (χ1) is 5.20. The van der Waals surface area contributed by atoms with Gasteiger partial charge in [0, 0.05) is 0 Å². The molecule has 1 saturated heterocycles. The van der Waals surface area contributed by atoms with Crippen LogP contribution in [-0.4, -0.2) is 28.7 Å². The van der Waals surface area contributed by atoms with Crippen molar-refractivity contribution in [3.63, 3.8) is 0 Å². The molecule has 0 spiro atoms. The standard InChI is InChI=1S/C7H6Cl2O2/c8-5-3-1-2-4(11-3)6(9)7(5)10/h1-6H/t3-,4+,5-,6-/m1/s1. The highest BCUT2D eigenvalue weighted by molar-refractivity contribution is 6.41. The molecule has 11 heavy (non-hydrogen) atoms. The topological polar surface area (TPSA) is 26.3 Å². The second-order valence-electron chi connectivity index (χ2n) is 2.66. The van der Waals surface area contributed by atoms with Crippen LogP contribution in [0.25, 0.3) is 0 Å². The molecule has 2 aliphatic rings. The van der Waals surface area contributed by atoms with E-state index in [2.05, 4.69) is 0 Å². The van der Waals surface area contributed by atoms with Gasteiger partial charge in [0.05, 0.1) is 0 Å². The van der Waals surface area contributed by atoms with E-state index < -0.39 is 10.8 Å². The van der Waals surface area contributed by atoms with E-state index in [9.17, 15) is 4.79 Å². The maximum atomic E-state index is 11.2. The van der Waals surface area contributed by atoms with Gasteiger partial charge >= 0.3 is 0 Å². The average molecular weight is 193 g/mol. The van der Waals surface area contributed by atoms with Gasteiger partial charge in [-0.2, -0.15) is 0 Å². The van der Waals surface area contributed by atoms with Crippen molar-refractivity contribution in [3.05, 3.63) is 12.2 Å². The minimum atomic E-state index is -0.604. The second kappa shape index (κ2) is 2.47. The lowest BCUT2D eigenvalue weighted by molar-refractivity contribution is -0.127. The summed E-state index contributed by atoms with van der Waals surface area (Å²) in [5.74, 6) is -0.125. The van der Waals surface area contributed by atoms with Crippen LogP contribution < -0.4 is 0 Å². The Morgan fingerprint density at radius 3 is 2.09 bits per heavy atom. The fourth-order valence-corrected chi connectivity index (χ4v) is 1.92. The van der Waals surface area contributed by atoms with E-state index in [0.29, 0.717) is 0 Å². The van der Waals surface area contributed by atoms with Crippen LogP contribution in [-0.2, 0) is 9.53 Å². The van der Waals surface area contributed by atoms with E-state index in [1.807, 2.05) is 0 Å². The average Bonchev–Trinajstić information content (AvgIpc) is 2.44. The Morgan fingerprint density at radius 1 is 1.18 bits per heavy atom. The highest BCUT2D eigenvalue weighted by Crippen LogP contribution is 2.31. The summed E-state index contributed by atoms with van der Waals surface area (Å²) in [7, 11) is 0. The summed E-state index contributed by atoms with van der Waals surface area (Å²) in [6.07, 6.45) is 3.07. The summed E-state index contributed by atoms with van der Waals surface area (Å²) in [6.45, 7) is 0. The SMILES string of the molecule is O=C1[C@H](Cl)[C@@H]2C=C[C@@H](O2)[C@H]1Cl. The number of hydrogen-bond acceptors (Lipinski definition) is 2. The lowest BCUT2D eigenvalue weighted by atomic mass is 10.1. The number of hydrogen-bond donors (Lipinski definition) is 0. The number of ether oxygens (including phenoxy) is 1. The molecular formula is C7H6Cl2O2. The molecule has 0 radical (unpaired) electrons. The van der Waals surface area contributed by atoms with Crippen LogP contribution in [0.15, 0.2) is 12.2 Å². The Kier molecular flexibility index (Phi) is 1.71. The lowest BCUT2D eigenvalue weighted by Gasteiger charge is -2.27. The molecule has 2 bridgehead atoms. The van der Waals surface area contributed by atoms with Crippen LogP contribution in [0.2, 0.25) is 0 Å². The van der Waals surface area contributed by atoms with E-state index in [-0.39, 0.29) is 18.0 Å². The molecule has 0 aliphatic carbocycles. The van der Waals surface area contributed by atoms with Gasteiger partial charge < -0.3 is 4.74 Å². The normalized spacial score (nSPS) is 48.4. The van der Waals surface area contributed by atoms with Crippen LogP contribution in [0.4, 0.5) is 0 Å². The molecule has 2 nitrogen and oxygen atoms in total. The molecule has 0 aromatic carbocycles. The number of fused-ring (bicyclic) bond motifs is 2. The molecule has 2 rings (SSSR count). The van der Waals surface area contributed by atoms with Crippen molar-refractivity contribution in [3.8, 4) is 0 Å². The van der Waals surface area contributed by atoms with E-state index in [1.165, 1.54) is 0 Å². The molecule has 4 heteroatoms. The first-order valence-electron chi connectivity index (χ1n) is 3.36. The van der Waals surface area contributed by atoms with E-state index in [4.69, 9.17) is 27.9 Å². The van der Waals surface area contributed by atoms with E-state index in [1.54, 1.807) is 12.2 Å². The summed E-state index contributed by atoms with van der Waals surface area (Å²) in [5, 5.41) is -1.21. The quantitative estimate of drug-likeness (QED) is 0.425. The maximum absolute atomic E-state index is 11.2. The Bertz CT molecular complexity index is 206. The first kappa shape index (κ1) is 7.59. The van der Waals surface area contributed by atoms with Crippen LogP contribution in [0.5, 0.6) is 0 Å². The number of Topliss-reactive ketones (excluding diaryl/α,β-unsaturated/α-hetero) is 1. The van der Waals surface area contributed by atoms with Crippen molar-refractivity contribution in [1.82, 2.24) is 0 Å². The van der Waals surface area contributed by atoms with Crippen LogP contribution >= 0.6 is 23.2 Å². The summed E-state index contributed by atoms with van der Waals surface area (Å²) in [6, 6.07) is 0. The van der Waals surface area contributed by atoms with Gasteiger partial charge in [0.2, 0.25) is 0 Å². The van der Waals surface area contributed by atoms with Crippen molar-refractivity contribution < 1.29 is 9.53 Å². The minimum Gasteiger partial charge on any atom is -0.363 e. The molecule has 0 N–H and O–H groups in total. The number of alkyl halides is 2. The predicted octanol–water partition coefficient (Wildman–Crippen LogP) is 1.11. The molecule has 0 aromatic rings. The maximum Gasteiger partial charge on any atom is 0.174 e. The summed E-state index contributed by atoms with van der Waals surface area (Å²) >= 11 is 11.5. The number of halogens is 2. The Balaban J connectivity index is 2.29. The summed E-state index contributed by atoms with van der Waals surface area (Å²) < 4.78 is 5.30. The Labute approximate surface area is 74.1 Å². The molecule has 0 aromatic heterocycles. The van der Waals surface area contributed by atoms with Gasteiger partial charge in [-0.1, -0.05) is 12.2 Å². The first-order valence-corrected chi connectivity index (χ1v) is 4.23. The molecular weight excluding hydrogens is 187 g/mol. The number of carbonyl (C=O) groups is 1. The molecule has 0 amide bonds. The van der Waals surface area contributed by atoms with Gasteiger partial charge in [0.25, 0.3) is 0 Å². The zero-order valence-electron chi connectivity index (χ0n) is 5.54. The van der Waals surface area contributed by atoms with Crippen LogP contribution in [0, 0.1) is 0 Å². The van der Waals surface area contributed by atoms with Crippen molar-refractivity contribution >= 4 is 29.0 Å². The van der Waals surface area contributed by atoms with Gasteiger partial charge in [-0.3, -0.25) is 4.79 Å². The zero-order chi connectivity index (χ0) is 8.01. The van der Waals surface area contributed by atoms with Crippen molar-refractivity contribution in [2.45, 2.75) is 23.0 Å². The highest BCUT2D eigenvalue weighted by Gasteiger charge is 2.44. The third-order valence-corrected chi connectivity index (χ3v) is 2.85. The Morgan fingerprint density at radius 2 is 1.64 bits per heavy atom. The largest absolute Gasteiger partial charge is 0.363 e. The van der Waals surface area contributed by atoms with Crippen molar-refractivity contribution in [1.29, 1.82) is 0 Å². The summed E-state index contributed by atoms with van der Waals surface area (Å²) in [4.78, 5) is 11.2. The molecule has 2 aliphatic heterocycles. The zero-order valence-corrected chi connectivity index (χ0v) is 7.05. The fraction of sp³-hybridized carbons (Fsp3) is 0.571. The second-order valence-corrected chi connectivity index (χ2v) is 3.60. The van der Waals surface area contributed by atoms with Gasteiger partial charge in [0.15, 0.2) is 5.78 Å². The fourth-order valence-electron chi connectivity index (χ4n) is 1.30. The monoisotopic (exact) mass is 192 g/mol. The van der Waals surface area contributed by atoms with Gasteiger partial charge in [-0.25, -0.2) is 0 Å². The molecule has 0 saturated carbocycles. The number of rotatable bonds is 0. The van der Waals surface area contributed by atoms with E-state index in [0.717, 1.165) is 0 Å². The third kappa shape index (κ3) is 1.01. The van der Waals surface area contributed by atoms with E-state index >= 15 is 0 Å². The van der Waals surface area contributed by atoms with Gasteiger partial charge in [-0.05, 0) is 0 Å². The molecule has 1 fully saturated rings. The molecule has 60 valence electrons. The molecule has 2 heterocycles. The predicted molar refractivity (Wildman–Crippen MR) is 42.1 cm³/mol. The lowest BCUT2D eigenvalue weighted by Crippen LogP contribution is -2.45. The number of carbonyl (C=O) groups excluding carboxylic acids is 1. The molecule has 4 atom stereocenters.